The number of carbonyl (C=O) groups is 1. The van der Waals surface area contributed by atoms with Crippen molar-refractivity contribution in [2.75, 3.05) is 0 Å². The van der Waals surface area contributed by atoms with Gasteiger partial charge in [-0.2, -0.15) is 5.26 Å². The van der Waals surface area contributed by atoms with Gasteiger partial charge in [0.1, 0.15) is 0 Å². The van der Waals surface area contributed by atoms with Gasteiger partial charge in [-0.25, -0.2) is 9.18 Å². The fraction of sp³-hybridized carbons (Fsp3) is 0.600. The molecule has 0 saturated heterocycles. The first-order valence-corrected chi connectivity index (χ1v) is 2.43. The second kappa shape index (κ2) is 1.44. The van der Waals surface area contributed by atoms with E-state index in [1.54, 1.807) is 6.07 Å². The molecule has 0 aromatic rings. The maximum atomic E-state index is 12.5. The molecular formula is C5H4FNO2. The van der Waals surface area contributed by atoms with E-state index >= 15 is 0 Å². The average Bonchev–Trinajstić information content (AvgIpc) is 2.44. The lowest BCUT2D eigenvalue weighted by Gasteiger charge is -1.92. The summed E-state index contributed by atoms with van der Waals surface area (Å²) in [6.45, 7) is 0. The van der Waals surface area contributed by atoms with Gasteiger partial charge in [0.05, 0.1) is 12.0 Å². The molecular weight excluding hydrogens is 125 g/mol. The zero-order valence-electron chi connectivity index (χ0n) is 4.47. The average molecular weight is 129 g/mol. The fourth-order valence-corrected chi connectivity index (χ4v) is 0.622. The van der Waals surface area contributed by atoms with Gasteiger partial charge >= 0.3 is 5.97 Å². The summed E-state index contributed by atoms with van der Waals surface area (Å²) < 4.78 is 12.5. The van der Waals surface area contributed by atoms with Crippen LogP contribution in [0, 0.1) is 17.2 Å². The lowest BCUT2D eigenvalue weighted by molar-refractivity contribution is -0.144. The van der Waals surface area contributed by atoms with Crippen molar-refractivity contribution in [2.45, 2.75) is 12.1 Å². The number of hydrogen-bond acceptors (Lipinski definition) is 2. The molecule has 2 unspecified atom stereocenters. The van der Waals surface area contributed by atoms with Crippen molar-refractivity contribution in [3.8, 4) is 6.07 Å². The molecule has 48 valence electrons. The monoisotopic (exact) mass is 129 g/mol. The van der Waals surface area contributed by atoms with E-state index in [0.29, 0.717) is 0 Å². The predicted molar refractivity (Wildman–Crippen MR) is 25.2 cm³/mol. The number of aliphatic carboxylic acids is 1. The van der Waals surface area contributed by atoms with E-state index < -0.39 is 17.6 Å². The van der Waals surface area contributed by atoms with E-state index in [1.165, 1.54) is 0 Å². The van der Waals surface area contributed by atoms with Gasteiger partial charge in [-0.05, 0) is 0 Å². The van der Waals surface area contributed by atoms with Crippen LogP contribution in [0.25, 0.3) is 0 Å². The largest absolute Gasteiger partial charge is 0.479 e. The van der Waals surface area contributed by atoms with Crippen LogP contribution in [0.3, 0.4) is 0 Å². The number of hydrogen-bond donors (Lipinski definition) is 1. The Morgan fingerprint density at radius 1 is 2.00 bits per heavy atom. The Bertz CT molecular complexity index is 198. The lowest BCUT2D eigenvalue weighted by atomic mass is 10.3. The highest BCUT2D eigenvalue weighted by Gasteiger charge is 2.63. The number of nitriles is 1. The van der Waals surface area contributed by atoms with E-state index in [2.05, 4.69) is 0 Å². The Morgan fingerprint density at radius 3 is 2.67 bits per heavy atom. The van der Waals surface area contributed by atoms with Crippen LogP contribution in [0.5, 0.6) is 0 Å². The third-order valence-electron chi connectivity index (χ3n) is 1.40. The molecule has 1 aliphatic rings. The molecule has 0 aliphatic heterocycles. The number of alkyl halides is 1. The van der Waals surface area contributed by atoms with Gasteiger partial charge in [-0.1, -0.05) is 0 Å². The molecule has 2 atom stereocenters. The zero-order chi connectivity index (χ0) is 7.07. The van der Waals surface area contributed by atoms with E-state index in [0.717, 1.165) is 0 Å². The highest BCUT2D eigenvalue weighted by molar-refractivity contribution is 5.82. The molecule has 1 N–H and O–H groups in total. The van der Waals surface area contributed by atoms with Crippen LogP contribution < -0.4 is 0 Å². The standard InChI is InChI=1S/C5H4FNO2/c6-5(4(8)9)1-3(5)2-7/h3H,1H2,(H,8,9). The van der Waals surface area contributed by atoms with Gasteiger partial charge in [0.15, 0.2) is 0 Å². The SMILES string of the molecule is N#CC1CC1(F)C(=O)O. The van der Waals surface area contributed by atoms with Gasteiger partial charge in [0.25, 0.3) is 0 Å². The first kappa shape index (κ1) is 6.02. The number of nitrogens with zero attached hydrogens (tertiary/aromatic N) is 1. The van der Waals surface area contributed by atoms with E-state index in [-0.39, 0.29) is 6.42 Å². The van der Waals surface area contributed by atoms with Crippen molar-refractivity contribution in [1.82, 2.24) is 0 Å². The second-order valence-corrected chi connectivity index (χ2v) is 2.05. The molecule has 4 heteroatoms. The Kier molecular flexibility index (Phi) is 0.962. The molecule has 0 heterocycles. The normalized spacial score (nSPS) is 39.3. The fourth-order valence-electron chi connectivity index (χ4n) is 0.622. The summed E-state index contributed by atoms with van der Waals surface area (Å²) in [5.74, 6) is -2.44. The summed E-state index contributed by atoms with van der Waals surface area (Å²) in [5, 5.41) is 16.1. The first-order chi connectivity index (χ1) is 4.11. The second-order valence-electron chi connectivity index (χ2n) is 2.05. The Hall–Kier alpha value is -1.11. The predicted octanol–water partition coefficient (Wildman–Crippen LogP) is 0.323. The molecule has 0 amide bonds. The van der Waals surface area contributed by atoms with Crippen LogP contribution in [0.15, 0.2) is 0 Å². The van der Waals surface area contributed by atoms with Gasteiger partial charge in [-0.3, -0.25) is 0 Å². The van der Waals surface area contributed by atoms with Crippen molar-refractivity contribution in [2.24, 2.45) is 5.92 Å². The first-order valence-electron chi connectivity index (χ1n) is 2.43. The summed E-state index contributed by atoms with van der Waals surface area (Å²) in [4.78, 5) is 9.93. The maximum Gasteiger partial charge on any atom is 0.342 e. The minimum absolute atomic E-state index is 0.154. The Balaban J connectivity index is 2.65. The molecule has 0 aromatic heterocycles. The third-order valence-corrected chi connectivity index (χ3v) is 1.40. The van der Waals surface area contributed by atoms with Crippen LogP contribution in [0.2, 0.25) is 0 Å². The molecule has 1 rings (SSSR count). The number of rotatable bonds is 1. The topological polar surface area (TPSA) is 61.1 Å². The summed E-state index contributed by atoms with van der Waals surface area (Å²) in [7, 11) is 0. The number of halogens is 1. The van der Waals surface area contributed by atoms with Gasteiger partial charge in [-0.15, -0.1) is 0 Å². The summed E-state index contributed by atoms with van der Waals surface area (Å²) in [6, 6.07) is 1.56. The summed E-state index contributed by atoms with van der Waals surface area (Å²) >= 11 is 0. The van der Waals surface area contributed by atoms with E-state index in [4.69, 9.17) is 10.4 Å². The quantitative estimate of drug-likeness (QED) is 0.554. The molecule has 1 fully saturated rings. The van der Waals surface area contributed by atoms with Crippen molar-refractivity contribution in [1.29, 1.82) is 5.26 Å². The molecule has 1 aliphatic carbocycles. The molecule has 0 bridgehead atoms. The van der Waals surface area contributed by atoms with Gasteiger partial charge in [0.2, 0.25) is 5.67 Å². The van der Waals surface area contributed by atoms with Crippen LogP contribution in [0.1, 0.15) is 6.42 Å². The summed E-state index contributed by atoms with van der Waals surface area (Å²) in [5.41, 5.74) is -2.23. The van der Waals surface area contributed by atoms with Crippen LogP contribution in [-0.2, 0) is 4.79 Å². The van der Waals surface area contributed by atoms with Crippen LogP contribution >= 0.6 is 0 Å². The van der Waals surface area contributed by atoms with E-state index in [1.807, 2.05) is 0 Å². The molecule has 0 spiro atoms. The minimum atomic E-state index is -2.23. The molecule has 0 aromatic carbocycles. The maximum absolute atomic E-state index is 12.5. The number of carboxylic acid groups (broad SMARTS) is 1. The molecule has 9 heavy (non-hydrogen) atoms. The lowest BCUT2D eigenvalue weighted by Crippen LogP contribution is -2.17. The highest BCUT2D eigenvalue weighted by atomic mass is 19.1. The molecule has 0 radical (unpaired) electrons. The van der Waals surface area contributed by atoms with Crippen molar-refractivity contribution in [3.05, 3.63) is 0 Å². The molecule has 3 nitrogen and oxygen atoms in total. The minimum Gasteiger partial charge on any atom is -0.479 e. The van der Waals surface area contributed by atoms with Crippen molar-refractivity contribution in [3.63, 3.8) is 0 Å². The Morgan fingerprint density at radius 2 is 2.56 bits per heavy atom. The van der Waals surface area contributed by atoms with E-state index in [9.17, 15) is 9.18 Å². The van der Waals surface area contributed by atoms with Crippen LogP contribution in [0.4, 0.5) is 4.39 Å². The smallest absolute Gasteiger partial charge is 0.342 e. The zero-order valence-corrected chi connectivity index (χ0v) is 4.47. The van der Waals surface area contributed by atoms with Crippen LogP contribution in [-0.4, -0.2) is 16.7 Å². The summed E-state index contributed by atoms with van der Waals surface area (Å²) in [6.07, 6.45) is -0.154. The van der Waals surface area contributed by atoms with Crippen molar-refractivity contribution < 1.29 is 14.3 Å². The van der Waals surface area contributed by atoms with Gasteiger partial charge in [0, 0.05) is 6.42 Å². The Labute approximate surface area is 50.7 Å². The third kappa shape index (κ3) is 0.653. The molecule has 1 saturated carbocycles. The van der Waals surface area contributed by atoms with Gasteiger partial charge < -0.3 is 5.11 Å². The van der Waals surface area contributed by atoms with Crippen molar-refractivity contribution >= 4 is 5.97 Å². The highest BCUT2D eigenvalue weighted by Crippen LogP contribution is 2.46. The number of carboxylic acids is 1.